The van der Waals surface area contributed by atoms with Gasteiger partial charge in [0.25, 0.3) is 5.91 Å². The van der Waals surface area contributed by atoms with Crippen LogP contribution >= 0.6 is 35.7 Å². The summed E-state index contributed by atoms with van der Waals surface area (Å²) in [5.41, 5.74) is 0.823. The summed E-state index contributed by atoms with van der Waals surface area (Å²) in [4.78, 5) is 37.8. The Kier molecular flexibility index (Phi) is 10.3. The van der Waals surface area contributed by atoms with Crippen LogP contribution in [-0.2, 0) is 19.1 Å². The minimum Gasteiger partial charge on any atom is -0.548 e. The Morgan fingerprint density at radius 1 is 1.22 bits per heavy atom. The first-order valence-corrected chi connectivity index (χ1v) is 9.85. The maximum absolute atomic E-state index is 12.2. The van der Waals surface area contributed by atoms with Crippen molar-refractivity contribution in [2.45, 2.75) is 27.2 Å². The van der Waals surface area contributed by atoms with Gasteiger partial charge < -0.3 is 19.5 Å². The van der Waals surface area contributed by atoms with Gasteiger partial charge in [-0.25, -0.2) is 0 Å². The van der Waals surface area contributed by atoms with E-state index in [2.05, 4.69) is 0 Å². The minimum atomic E-state index is -1.37. The van der Waals surface area contributed by atoms with Gasteiger partial charge in [0.1, 0.15) is 4.32 Å². The number of aliphatic carboxylic acids is 1. The Balaban J connectivity index is 0.00000364. The number of carboxylic acid groups (broad SMARTS) is 1. The molecule has 2 rings (SSSR count). The van der Waals surface area contributed by atoms with E-state index in [-0.39, 0.29) is 68.1 Å². The first-order chi connectivity index (χ1) is 12.3. The first kappa shape index (κ1) is 24.9. The fraction of sp³-hybridized carbons (Fsp3) is 0.375. The number of rotatable bonds is 6. The topological polar surface area (TPSA) is 90.0 Å². The molecule has 0 bridgehead atoms. The molecule has 0 aromatic heterocycles. The van der Waals surface area contributed by atoms with E-state index in [9.17, 15) is 19.5 Å². The van der Waals surface area contributed by atoms with Crippen LogP contribution in [0.2, 0.25) is 0 Å². The van der Waals surface area contributed by atoms with Crippen molar-refractivity contribution in [1.29, 1.82) is 0 Å². The van der Waals surface area contributed by atoms with Crippen molar-refractivity contribution in [2.75, 3.05) is 13.1 Å². The number of thioether (sulfide) groups is 2. The number of allylic oxidation sites excluding steroid dienone is 3. The third-order valence-electron chi connectivity index (χ3n) is 3.51. The molecule has 0 atom stereocenters. The summed E-state index contributed by atoms with van der Waals surface area (Å²) in [5, 5.41) is 12.0. The van der Waals surface area contributed by atoms with Gasteiger partial charge in [0, 0.05) is 13.0 Å². The summed E-state index contributed by atoms with van der Waals surface area (Å²) >= 11 is 7.38. The molecule has 0 aliphatic carbocycles. The third kappa shape index (κ3) is 6.17. The van der Waals surface area contributed by atoms with Gasteiger partial charge in [0.05, 0.1) is 28.1 Å². The summed E-state index contributed by atoms with van der Waals surface area (Å²) in [6, 6.07) is 0. The predicted octanol–water partition coefficient (Wildman–Crippen LogP) is -1.46. The second-order valence-corrected chi connectivity index (χ2v) is 7.88. The summed E-state index contributed by atoms with van der Waals surface area (Å²) in [5.74, 6) is -2.15. The number of amides is 1. The molecule has 0 saturated carbocycles. The molecule has 7 nitrogen and oxygen atoms in total. The number of hydrogen-bond acceptors (Lipinski definition) is 9. The minimum absolute atomic E-state index is 0. The zero-order chi connectivity index (χ0) is 19.4. The van der Waals surface area contributed by atoms with E-state index in [1.807, 2.05) is 18.7 Å². The van der Waals surface area contributed by atoms with Gasteiger partial charge in [-0.1, -0.05) is 30.9 Å². The summed E-state index contributed by atoms with van der Waals surface area (Å²) in [6.07, 6.45) is 3.61. The second kappa shape index (κ2) is 11.1. The van der Waals surface area contributed by atoms with Gasteiger partial charge in [0.15, 0.2) is 5.09 Å². The summed E-state index contributed by atoms with van der Waals surface area (Å²) in [6.45, 7) is 5.64. The molecule has 1 amide bonds. The monoisotopic (exact) mass is 452 g/mol. The number of carboxylic acids is 1. The number of carbonyl (C=O) groups is 3. The molecule has 2 heterocycles. The fourth-order valence-corrected chi connectivity index (χ4v) is 4.50. The molecular weight excluding hydrogens is 435 g/mol. The molecular formula is C16H17KN2O5S3. The molecule has 1 fully saturated rings. The van der Waals surface area contributed by atoms with Crippen LogP contribution in [-0.4, -0.2) is 45.1 Å². The Bertz CT molecular complexity index is 763. The van der Waals surface area contributed by atoms with Crippen LogP contribution < -0.4 is 56.5 Å². The molecule has 2 aliphatic rings. The molecule has 0 aromatic rings. The Labute approximate surface area is 214 Å². The van der Waals surface area contributed by atoms with Gasteiger partial charge in [-0.2, -0.15) is 0 Å². The molecule has 11 heteroatoms. The number of hydrogen-bond donors (Lipinski definition) is 0. The van der Waals surface area contributed by atoms with Crippen molar-refractivity contribution in [3.05, 3.63) is 32.9 Å². The zero-order valence-corrected chi connectivity index (χ0v) is 21.0. The maximum atomic E-state index is 12.2. The number of nitrogens with zero attached hydrogens (tertiary/aromatic N) is 2. The largest absolute Gasteiger partial charge is 1.00 e. The number of carbonyl (C=O) groups excluding carboxylic acids is 3. The number of esters is 1. The van der Waals surface area contributed by atoms with E-state index in [0.717, 1.165) is 27.4 Å². The van der Waals surface area contributed by atoms with E-state index in [4.69, 9.17) is 17.0 Å². The van der Waals surface area contributed by atoms with E-state index in [0.29, 0.717) is 16.5 Å². The SMILES string of the molecule is CCC(=O)OC1=C(C)N(CC)C(=CC=C2SC(=S)N(CC(=O)[O-])C2=O)S1.[K+]. The van der Waals surface area contributed by atoms with Gasteiger partial charge in [-0.05, 0) is 37.8 Å². The molecule has 2 aliphatic heterocycles. The average Bonchev–Trinajstić information content (AvgIpc) is 3.03. The van der Waals surface area contributed by atoms with E-state index in [1.54, 1.807) is 19.1 Å². The molecule has 27 heavy (non-hydrogen) atoms. The molecule has 0 spiro atoms. The molecule has 0 N–H and O–H groups in total. The molecule has 1 saturated heterocycles. The van der Waals surface area contributed by atoms with E-state index >= 15 is 0 Å². The van der Waals surface area contributed by atoms with Crippen molar-refractivity contribution in [3.63, 3.8) is 0 Å². The normalized spacial score (nSPS) is 20.0. The van der Waals surface area contributed by atoms with Crippen LogP contribution in [0.4, 0.5) is 0 Å². The zero-order valence-electron chi connectivity index (χ0n) is 15.4. The van der Waals surface area contributed by atoms with Gasteiger partial charge in [0.2, 0.25) is 0 Å². The maximum Gasteiger partial charge on any atom is 1.00 e. The Hall–Kier alpha value is -0.144. The molecule has 0 unspecified atom stereocenters. The van der Waals surface area contributed by atoms with Crippen LogP contribution in [0.15, 0.2) is 32.9 Å². The van der Waals surface area contributed by atoms with Crippen LogP contribution in [0.5, 0.6) is 0 Å². The first-order valence-electron chi connectivity index (χ1n) is 7.80. The number of thiocarbonyl (C=S) groups is 1. The summed E-state index contributed by atoms with van der Waals surface area (Å²) < 4.78 is 5.52. The Morgan fingerprint density at radius 3 is 2.44 bits per heavy atom. The van der Waals surface area contributed by atoms with Crippen molar-refractivity contribution < 1.29 is 75.6 Å². The van der Waals surface area contributed by atoms with Crippen molar-refractivity contribution >= 4 is 57.9 Å². The molecule has 0 radical (unpaired) electrons. The van der Waals surface area contributed by atoms with Crippen LogP contribution in [0.3, 0.4) is 0 Å². The predicted molar refractivity (Wildman–Crippen MR) is 102 cm³/mol. The van der Waals surface area contributed by atoms with Gasteiger partial charge in [-0.3, -0.25) is 14.5 Å². The van der Waals surface area contributed by atoms with E-state index < -0.39 is 18.4 Å². The molecule has 0 aromatic carbocycles. The number of ether oxygens (including phenoxy) is 1. The Morgan fingerprint density at radius 2 is 1.89 bits per heavy atom. The van der Waals surface area contributed by atoms with Crippen molar-refractivity contribution in [1.82, 2.24) is 9.80 Å². The third-order valence-corrected chi connectivity index (χ3v) is 6.04. The molecule has 140 valence electrons. The van der Waals surface area contributed by atoms with Gasteiger partial charge in [-0.15, -0.1) is 0 Å². The summed E-state index contributed by atoms with van der Waals surface area (Å²) in [7, 11) is 0. The van der Waals surface area contributed by atoms with E-state index in [1.165, 1.54) is 11.8 Å². The standard InChI is InChI=1S/C16H18N2O5S3.K/c1-4-13(21)23-15-9(3)17(5-2)11(26-15)7-6-10-14(22)18(8-12(19)20)16(24)25-10;/h6-7H,4-5,8H2,1-3H3,(H,19,20);/q;+1/p-1. The second-order valence-electron chi connectivity index (χ2n) is 5.21. The average molecular weight is 453 g/mol. The fourth-order valence-electron chi connectivity index (χ4n) is 2.21. The smallest absolute Gasteiger partial charge is 0.548 e. The van der Waals surface area contributed by atoms with Crippen molar-refractivity contribution in [3.8, 4) is 0 Å². The van der Waals surface area contributed by atoms with Crippen LogP contribution in [0, 0.1) is 0 Å². The quantitative estimate of drug-likeness (QED) is 0.207. The van der Waals surface area contributed by atoms with Crippen LogP contribution in [0.1, 0.15) is 27.2 Å². The van der Waals surface area contributed by atoms with Crippen LogP contribution in [0.25, 0.3) is 0 Å². The van der Waals surface area contributed by atoms with Gasteiger partial charge >= 0.3 is 57.4 Å². The van der Waals surface area contributed by atoms with Crippen molar-refractivity contribution in [2.24, 2.45) is 0 Å².